The number of rotatable bonds is 2. The third-order valence-corrected chi connectivity index (χ3v) is 2.23. The summed E-state index contributed by atoms with van der Waals surface area (Å²) in [5.41, 5.74) is 0. The Kier molecular flexibility index (Phi) is 3.12. The van der Waals surface area contributed by atoms with Gasteiger partial charge in [0.25, 0.3) is 0 Å². The van der Waals surface area contributed by atoms with Gasteiger partial charge in [-0.15, -0.1) is 0 Å². The molecular weight excluding hydrogens is 130 g/mol. The minimum atomic E-state index is 0.193. The Morgan fingerprint density at radius 1 is 1.20 bits per heavy atom. The highest BCUT2D eigenvalue weighted by atomic mass is 16.3. The molecule has 2 atom stereocenters. The Hall–Kier alpha value is -0.120. The third-order valence-electron chi connectivity index (χ3n) is 2.23. The SMILES string of the molecule is OC[C@@H]1CCNC[C@@H]1CO. The molecule has 0 saturated carbocycles. The van der Waals surface area contributed by atoms with E-state index in [1.165, 1.54) is 0 Å². The molecule has 0 aromatic heterocycles. The fourth-order valence-corrected chi connectivity index (χ4v) is 1.43. The lowest BCUT2D eigenvalue weighted by Crippen LogP contribution is -2.39. The van der Waals surface area contributed by atoms with Gasteiger partial charge >= 0.3 is 0 Å². The van der Waals surface area contributed by atoms with Crippen molar-refractivity contribution < 1.29 is 10.2 Å². The summed E-state index contributed by atoms with van der Waals surface area (Å²) >= 11 is 0. The van der Waals surface area contributed by atoms with Crippen LogP contribution in [-0.2, 0) is 0 Å². The maximum atomic E-state index is 8.85. The van der Waals surface area contributed by atoms with Gasteiger partial charge in [-0.05, 0) is 24.8 Å². The minimum absolute atomic E-state index is 0.193. The Bertz CT molecular complexity index is 85.6. The van der Waals surface area contributed by atoms with Crippen LogP contribution in [0.2, 0.25) is 0 Å². The summed E-state index contributed by atoms with van der Waals surface area (Å²) in [7, 11) is 0. The highest BCUT2D eigenvalue weighted by Crippen LogP contribution is 2.17. The van der Waals surface area contributed by atoms with Crippen molar-refractivity contribution >= 4 is 0 Å². The maximum absolute atomic E-state index is 8.85. The zero-order valence-corrected chi connectivity index (χ0v) is 6.08. The lowest BCUT2D eigenvalue weighted by atomic mass is 9.88. The van der Waals surface area contributed by atoms with Crippen LogP contribution in [0.1, 0.15) is 6.42 Å². The van der Waals surface area contributed by atoms with E-state index >= 15 is 0 Å². The van der Waals surface area contributed by atoms with E-state index in [2.05, 4.69) is 5.32 Å². The van der Waals surface area contributed by atoms with Gasteiger partial charge in [0, 0.05) is 19.8 Å². The van der Waals surface area contributed by atoms with Crippen LogP contribution in [-0.4, -0.2) is 36.5 Å². The van der Waals surface area contributed by atoms with Gasteiger partial charge < -0.3 is 15.5 Å². The van der Waals surface area contributed by atoms with Crippen molar-refractivity contribution in [1.82, 2.24) is 5.32 Å². The zero-order chi connectivity index (χ0) is 7.40. The number of hydrogen-bond donors (Lipinski definition) is 3. The molecule has 1 aliphatic heterocycles. The van der Waals surface area contributed by atoms with Crippen molar-refractivity contribution in [2.24, 2.45) is 11.8 Å². The molecule has 10 heavy (non-hydrogen) atoms. The molecule has 0 aromatic rings. The summed E-state index contributed by atoms with van der Waals surface area (Å²) < 4.78 is 0. The fourth-order valence-electron chi connectivity index (χ4n) is 1.43. The average Bonchev–Trinajstić information content (AvgIpc) is 2.04. The summed E-state index contributed by atoms with van der Waals surface area (Å²) in [6.45, 7) is 2.23. The summed E-state index contributed by atoms with van der Waals surface area (Å²) in [6, 6.07) is 0. The van der Waals surface area contributed by atoms with Crippen molar-refractivity contribution in [2.45, 2.75) is 6.42 Å². The number of nitrogens with one attached hydrogen (secondary N) is 1. The van der Waals surface area contributed by atoms with Crippen LogP contribution in [0.4, 0.5) is 0 Å². The standard InChI is InChI=1S/C7H15NO2/c9-4-6-1-2-8-3-7(6)5-10/h6-10H,1-5H2/t6-,7+/m0/s1. The molecule has 0 amide bonds. The van der Waals surface area contributed by atoms with Gasteiger partial charge in [0.05, 0.1) is 0 Å². The van der Waals surface area contributed by atoms with Crippen LogP contribution in [0, 0.1) is 11.8 Å². The van der Waals surface area contributed by atoms with Gasteiger partial charge in [0.1, 0.15) is 0 Å². The van der Waals surface area contributed by atoms with Crippen LogP contribution in [0.15, 0.2) is 0 Å². The number of piperidine rings is 1. The highest BCUT2D eigenvalue weighted by Gasteiger charge is 2.22. The van der Waals surface area contributed by atoms with Crippen molar-refractivity contribution in [1.29, 1.82) is 0 Å². The first kappa shape index (κ1) is 7.98. The lowest BCUT2D eigenvalue weighted by molar-refractivity contribution is 0.0960. The van der Waals surface area contributed by atoms with Gasteiger partial charge in [-0.2, -0.15) is 0 Å². The molecule has 0 aromatic carbocycles. The molecule has 0 aliphatic carbocycles. The smallest absolute Gasteiger partial charge is 0.0474 e. The van der Waals surface area contributed by atoms with Crippen LogP contribution in [0.5, 0.6) is 0 Å². The number of hydrogen-bond acceptors (Lipinski definition) is 3. The van der Waals surface area contributed by atoms with E-state index in [-0.39, 0.29) is 19.1 Å². The second-order valence-corrected chi connectivity index (χ2v) is 2.88. The largest absolute Gasteiger partial charge is 0.396 e. The molecule has 0 bridgehead atoms. The van der Waals surface area contributed by atoms with Gasteiger partial charge in [-0.25, -0.2) is 0 Å². The lowest BCUT2D eigenvalue weighted by Gasteiger charge is -2.29. The molecule has 1 saturated heterocycles. The maximum Gasteiger partial charge on any atom is 0.0474 e. The molecule has 0 spiro atoms. The first-order valence-corrected chi connectivity index (χ1v) is 3.81. The average molecular weight is 145 g/mol. The summed E-state index contributed by atoms with van der Waals surface area (Å²) in [6.07, 6.45) is 0.988. The van der Waals surface area contributed by atoms with Gasteiger partial charge in [-0.3, -0.25) is 0 Å². The van der Waals surface area contributed by atoms with E-state index in [0.29, 0.717) is 5.92 Å². The van der Waals surface area contributed by atoms with Crippen molar-refractivity contribution in [2.75, 3.05) is 26.3 Å². The van der Waals surface area contributed by atoms with Crippen molar-refractivity contribution in [3.63, 3.8) is 0 Å². The molecule has 0 radical (unpaired) electrons. The predicted molar refractivity (Wildman–Crippen MR) is 38.6 cm³/mol. The molecule has 1 heterocycles. The predicted octanol–water partition coefficient (Wildman–Crippen LogP) is -0.803. The van der Waals surface area contributed by atoms with Crippen LogP contribution in [0.25, 0.3) is 0 Å². The van der Waals surface area contributed by atoms with Gasteiger partial charge in [0.15, 0.2) is 0 Å². The second-order valence-electron chi connectivity index (χ2n) is 2.88. The van der Waals surface area contributed by atoms with Crippen LogP contribution >= 0.6 is 0 Å². The van der Waals surface area contributed by atoms with E-state index in [9.17, 15) is 0 Å². The molecule has 1 rings (SSSR count). The molecular formula is C7H15NO2. The third kappa shape index (κ3) is 1.68. The number of aliphatic hydroxyl groups excluding tert-OH is 2. The topological polar surface area (TPSA) is 52.5 Å². The van der Waals surface area contributed by atoms with E-state index in [1.54, 1.807) is 0 Å². The van der Waals surface area contributed by atoms with Crippen molar-refractivity contribution in [3.05, 3.63) is 0 Å². The zero-order valence-electron chi connectivity index (χ0n) is 6.08. The van der Waals surface area contributed by atoms with Gasteiger partial charge in [-0.1, -0.05) is 0 Å². The summed E-state index contributed by atoms with van der Waals surface area (Å²) in [4.78, 5) is 0. The van der Waals surface area contributed by atoms with Crippen LogP contribution in [0.3, 0.4) is 0 Å². The quantitative estimate of drug-likeness (QED) is 0.476. The summed E-state index contributed by atoms with van der Waals surface area (Å²) in [5.74, 6) is 0.574. The molecule has 0 unspecified atom stereocenters. The monoisotopic (exact) mass is 145 g/mol. The first-order chi connectivity index (χ1) is 4.88. The Morgan fingerprint density at radius 2 is 1.90 bits per heavy atom. The molecule has 3 heteroatoms. The molecule has 1 fully saturated rings. The normalized spacial score (nSPS) is 34.2. The minimum Gasteiger partial charge on any atom is -0.396 e. The first-order valence-electron chi connectivity index (χ1n) is 3.81. The highest BCUT2D eigenvalue weighted by molar-refractivity contribution is 4.76. The molecule has 3 N–H and O–H groups in total. The Labute approximate surface area is 61.1 Å². The summed E-state index contributed by atoms with van der Waals surface area (Å²) in [5, 5.41) is 20.9. The Balaban J connectivity index is 2.34. The number of aliphatic hydroxyl groups is 2. The van der Waals surface area contributed by atoms with Crippen molar-refractivity contribution in [3.8, 4) is 0 Å². The van der Waals surface area contributed by atoms with E-state index in [0.717, 1.165) is 19.5 Å². The van der Waals surface area contributed by atoms with Gasteiger partial charge in [0.2, 0.25) is 0 Å². The van der Waals surface area contributed by atoms with E-state index < -0.39 is 0 Å². The van der Waals surface area contributed by atoms with E-state index in [1.807, 2.05) is 0 Å². The molecule has 1 aliphatic rings. The molecule has 3 nitrogen and oxygen atoms in total. The van der Waals surface area contributed by atoms with E-state index in [4.69, 9.17) is 10.2 Å². The second kappa shape index (κ2) is 3.91. The Morgan fingerprint density at radius 3 is 2.40 bits per heavy atom. The fraction of sp³-hybridized carbons (Fsp3) is 1.00. The molecule has 60 valence electrons. The van der Waals surface area contributed by atoms with Crippen LogP contribution < -0.4 is 5.32 Å².